The number of hydrogen-bond donors (Lipinski definition) is 2. The molecule has 0 saturated heterocycles. The van der Waals surface area contributed by atoms with Crippen LogP contribution in [0.3, 0.4) is 0 Å². The fourth-order valence-corrected chi connectivity index (χ4v) is 1.39. The average Bonchev–Trinajstić information content (AvgIpc) is 2.12. The fraction of sp³-hybridized carbons (Fsp3) is 0.364. The van der Waals surface area contributed by atoms with Crippen molar-refractivity contribution in [3.05, 3.63) is 23.3 Å². The second-order valence-corrected chi connectivity index (χ2v) is 3.32. The Balaban J connectivity index is 3.05. The normalized spacial score (nSPS) is 10.0. The summed E-state index contributed by atoms with van der Waals surface area (Å²) in [5.41, 5.74) is 7.89. The molecule has 0 aromatic heterocycles. The second kappa shape index (κ2) is 4.68. The van der Waals surface area contributed by atoms with E-state index in [-0.39, 0.29) is 6.42 Å². The van der Waals surface area contributed by atoms with Crippen molar-refractivity contribution < 1.29 is 14.6 Å². The van der Waals surface area contributed by atoms with Crippen LogP contribution in [0.15, 0.2) is 12.1 Å². The summed E-state index contributed by atoms with van der Waals surface area (Å²) in [6, 6.07) is 3.44. The van der Waals surface area contributed by atoms with Crippen LogP contribution in [0.2, 0.25) is 0 Å². The van der Waals surface area contributed by atoms with E-state index in [9.17, 15) is 4.79 Å². The van der Waals surface area contributed by atoms with Gasteiger partial charge in [0.1, 0.15) is 5.75 Å². The molecular formula is C11H15NO3. The highest BCUT2D eigenvalue weighted by molar-refractivity contribution is 5.72. The Hall–Kier alpha value is -1.71. The smallest absolute Gasteiger partial charge is 0.307 e. The van der Waals surface area contributed by atoms with Gasteiger partial charge in [0.25, 0.3) is 0 Å². The van der Waals surface area contributed by atoms with Crippen molar-refractivity contribution in [1.29, 1.82) is 0 Å². The number of rotatable bonds is 4. The first-order valence-corrected chi connectivity index (χ1v) is 4.78. The zero-order valence-electron chi connectivity index (χ0n) is 8.91. The largest absolute Gasteiger partial charge is 0.492 e. The highest BCUT2D eigenvalue weighted by Gasteiger charge is 2.08. The number of aryl methyl sites for hydroxylation is 1. The summed E-state index contributed by atoms with van der Waals surface area (Å²) in [5, 5.41) is 8.71. The van der Waals surface area contributed by atoms with Crippen molar-refractivity contribution in [3.63, 3.8) is 0 Å². The molecule has 0 saturated carbocycles. The van der Waals surface area contributed by atoms with Gasteiger partial charge in [0.05, 0.1) is 18.7 Å². The van der Waals surface area contributed by atoms with E-state index in [2.05, 4.69) is 0 Å². The van der Waals surface area contributed by atoms with Gasteiger partial charge in [0.2, 0.25) is 0 Å². The molecule has 15 heavy (non-hydrogen) atoms. The number of carbonyl (C=O) groups is 1. The molecule has 0 unspecified atom stereocenters. The summed E-state index contributed by atoms with van der Waals surface area (Å²) in [6.45, 7) is 4.21. The number of anilines is 1. The number of carboxylic acid groups (broad SMARTS) is 1. The van der Waals surface area contributed by atoms with Crippen molar-refractivity contribution in [2.24, 2.45) is 0 Å². The van der Waals surface area contributed by atoms with E-state index in [1.54, 1.807) is 12.1 Å². The van der Waals surface area contributed by atoms with Gasteiger partial charge in [-0.15, -0.1) is 0 Å². The van der Waals surface area contributed by atoms with E-state index in [0.29, 0.717) is 18.0 Å². The van der Waals surface area contributed by atoms with Gasteiger partial charge in [-0.05, 0) is 37.1 Å². The number of nitrogen functional groups attached to an aromatic ring is 1. The van der Waals surface area contributed by atoms with Gasteiger partial charge in [-0.3, -0.25) is 4.79 Å². The number of aliphatic carboxylic acids is 1. The molecule has 0 radical (unpaired) electrons. The molecule has 0 aliphatic carbocycles. The molecule has 0 bridgehead atoms. The van der Waals surface area contributed by atoms with E-state index in [4.69, 9.17) is 15.6 Å². The van der Waals surface area contributed by atoms with Gasteiger partial charge < -0.3 is 15.6 Å². The monoisotopic (exact) mass is 209 g/mol. The van der Waals surface area contributed by atoms with Crippen molar-refractivity contribution in [2.75, 3.05) is 12.3 Å². The highest BCUT2D eigenvalue weighted by Crippen LogP contribution is 2.26. The number of carboxylic acids is 1. The fourth-order valence-electron chi connectivity index (χ4n) is 1.39. The lowest BCUT2D eigenvalue weighted by Gasteiger charge is -2.10. The van der Waals surface area contributed by atoms with Gasteiger partial charge in [0.15, 0.2) is 0 Å². The summed E-state index contributed by atoms with van der Waals surface area (Å²) < 4.78 is 5.30. The third kappa shape index (κ3) is 2.87. The van der Waals surface area contributed by atoms with Crippen molar-refractivity contribution in [2.45, 2.75) is 20.3 Å². The van der Waals surface area contributed by atoms with Crippen LogP contribution in [0, 0.1) is 6.92 Å². The maximum absolute atomic E-state index is 10.6. The molecule has 4 nitrogen and oxygen atoms in total. The minimum Gasteiger partial charge on any atom is -0.492 e. The quantitative estimate of drug-likeness (QED) is 0.739. The van der Waals surface area contributed by atoms with Crippen LogP contribution in [0.1, 0.15) is 18.1 Å². The predicted molar refractivity (Wildman–Crippen MR) is 58.1 cm³/mol. The van der Waals surface area contributed by atoms with Gasteiger partial charge in [0, 0.05) is 0 Å². The molecule has 0 atom stereocenters. The van der Waals surface area contributed by atoms with E-state index < -0.39 is 5.97 Å². The number of hydrogen-bond acceptors (Lipinski definition) is 3. The summed E-state index contributed by atoms with van der Waals surface area (Å²) >= 11 is 0. The maximum atomic E-state index is 10.6. The molecule has 0 aliphatic heterocycles. The Morgan fingerprint density at radius 1 is 1.53 bits per heavy atom. The first kappa shape index (κ1) is 11.4. The van der Waals surface area contributed by atoms with Crippen LogP contribution in [0.4, 0.5) is 5.69 Å². The number of nitrogens with two attached hydrogens (primary N) is 1. The summed E-state index contributed by atoms with van der Waals surface area (Å²) in [7, 11) is 0. The van der Waals surface area contributed by atoms with Gasteiger partial charge in [-0.2, -0.15) is 0 Å². The van der Waals surface area contributed by atoms with E-state index >= 15 is 0 Å². The molecule has 82 valence electrons. The molecular weight excluding hydrogens is 194 g/mol. The van der Waals surface area contributed by atoms with Crippen LogP contribution in [0.25, 0.3) is 0 Å². The SMILES string of the molecule is CCOc1cc(CC(=O)O)c(C)cc1N. The predicted octanol–water partition coefficient (Wildman–Crippen LogP) is 1.60. The lowest BCUT2D eigenvalue weighted by molar-refractivity contribution is -0.136. The average molecular weight is 209 g/mol. The summed E-state index contributed by atoms with van der Waals surface area (Å²) in [4.78, 5) is 10.6. The molecule has 0 fully saturated rings. The van der Waals surface area contributed by atoms with E-state index in [1.807, 2.05) is 13.8 Å². The summed E-state index contributed by atoms with van der Waals surface area (Å²) in [6.07, 6.45) is -0.00775. The molecule has 0 heterocycles. The summed E-state index contributed by atoms with van der Waals surface area (Å²) in [5.74, 6) is -0.301. The molecule has 3 N–H and O–H groups in total. The molecule has 1 aromatic rings. The maximum Gasteiger partial charge on any atom is 0.307 e. The number of benzene rings is 1. The third-order valence-electron chi connectivity index (χ3n) is 2.11. The number of ether oxygens (including phenoxy) is 1. The first-order chi connectivity index (χ1) is 7.04. The lowest BCUT2D eigenvalue weighted by atomic mass is 10.0. The highest BCUT2D eigenvalue weighted by atomic mass is 16.5. The van der Waals surface area contributed by atoms with Crippen LogP contribution in [-0.4, -0.2) is 17.7 Å². The van der Waals surface area contributed by atoms with E-state index in [0.717, 1.165) is 11.1 Å². The Morgan fingerprint density at radius 3 is 2.73 bits per heavy atom. The van der Waals surface area contributed by atoms with Crippen LogP contribution < -0.4 is 10.5 Å². The molecule has 1 aromatic carbocycles. The van der Waals surface area contributed by atoms with Crippen LogP contribution in [-0.2, 0) is 11.2 Å². The van der Waals surface area contributed by atoms with Crippen molar-refractivity contribution in [1.82, 2.24) is 0 Å². The molecule has 1 rings (SSSR count). The van der Waals surface area contributed by atoms with Gasteiger partial charge in [-0.1, -0.05) is 0 Å². The minimum absolute atomic E-state index is 0.00775. The zero-order chi connectivity index (χ0) is 11.4. The van der Waals surface area contributed by atoms with Crippen molar-refractivity contribution >= 4 is 11.7 Å². The van der Waals surface area contributed by atoms with Gasteiger partial charge in [-0.25, -0.2) is 0 Å². The standard InChI is InChI=1S/C11H15NO3/c1-3-15-10-5-8(6-11(13)14)7(2)4-9(10)12/h4-5H,3,6,12H2,1-2H3,(H,13,14). The molecule has 4 heteroatoms. The first-order valence-electron chi connectivity index (χ1n) is 4.78. The Bertz CT molecular complexity index is 374. The lowest BCUT2D eigenvalue weighted by Crippen LogP contribution is -2.04. The molecule has 0 aliphatic rings. The second-order valence-electron chi connectivity index (χ2n) is 3.32. The topological polar surface area (TPSA) is 72.5 Å². The van der Waals surface area contributed by atoms with Crippen LogP contribution >= 0.6 is 0 Å². The molecule has 0 amide bonds. The Kier molecular flexibility index (Phi) is 3.55. The van der Waals surface area contributed by atoms with E-state index in [1.165, 1.54) is 0 Å². The van der Waals surface area contributed by atoms with Crippen LogP contribution in [0.5, 0.6) is 5.75 Å². The van der Waals surface area contributed by atoms with Crippen molar-refractivity contribution in [3.8, 4) is 5.75 Å². The molecule has 0 spiro atoms. The Morgan fingerprint density at radius 2 is 2.20 bits per heavy atom. The zero-order valence-corrected chi connectivity index (χ0v) is 8.91. The minimum atomic E-state index is -0.856. The Labute approximate surface area is 88.7 Å². The third-order valence-corrected chi connectivity index (χ3v) is 2.11. The van der Waals surface area contributed by atoms with Gasteiger partial charge >= 0.3 is 5.97 Å².